The van der Waals surface area contributed by atoms with Crippen LogP contribution in [0.15, 0.2) is 71.2 Å². The number of hydrogen-bond donors (Lipinski definition) is 0. The highest BCUT2D eigenvalue weighted by molar-refractivity contribution is 9.10. The minimum Gasteiger partial charge on any atom is -0.331 e. The Bertz CT molecular complexity index is 1270. The molecule has 3 aromatic carbocycles. The number of halogens is 1. The Kier molecular flexibility index (Phi) is 3.99. The molecule has 3 aliphatic rings. The maximum absolute atomic E-state index is 13.5. The number of carbonyl (C=O) groups is 3. The van der Waals surface area contributed by atoms with E-state index in [1.165, 1.54) is 4.90 Å². The van der Waals surface area contributed by atoms with Crippen LogP contribution in [0.1, 0.15) is 16.8 Å². The van der Waals surface area contributed by atoms with Crippen LogP contribution in [0.3, 0.4) is 0 Å². The van der Waals surface area contributed by atoms with Crippen molar-refractivity contribution in [2.75, 3.05) is 11.4 Å². The molecule has 7 heteroatoms. The number of benzene rings is 3. The zero-order chi connectivity index (χ0) is 21.3. The van der Waals surface area contributed by atoms with E-state index >= 15 is 0 Å². The zero-order valence-electron chi connectivity index (χ0n) is 16.4. The zero-order valence-corrected chi connectivity index (χ0v) is 18.0. The van der Waals surface area contributed by atoms with Crippen molar-refractivity contribution in [3.63, 3.8) is 0 Å². The number of fused-ring (bicyclic) bond motifs is 6. The van der Waals surface area contributed by atoms with Gasteiger partial charge in [-0.2, -0.15) is 0 Å². The molecule has 31 heavy (non-hydrogen) atoms. The van der Waals surface area contributed by atoms with Crippen LogP contribution >= 0.6 is 15.9 Å². The summed E-state index contributed by atoms with van der Waals surface area (Å²) in [7, 11) is 0. The molecule has 6 rings (SSSR count). The van der Waals surface area contributed by atoms with Gasteiger partial charge in [-0.15, -0.1) is 0 Å². The molecule has 0 aromatic heterocycles. The molecule has 154 valence electrons. The Balaban J connectivity index is 1.36. The second-order valence-electron chi connectivity index (χ2n) is 8.23. The van der Waals surface area contributed by atoms with Crippen molar-refractivity contribution in [2.45, 2.75) is 24.5 Å². The van der Waals surface area contributed by atoms with Gasteiger partial charge >= 0.3 is 6.03 Å². The van der Waals surface area contributed by atoms with E-state index in [0.717, 1.165) is 15.2 Å². The number of rotatable bonds is 2. The monoisotopic (exact) mass is 475 g/mol. The molecule has 3 saturated heterocycles. The maximum Gasteiger partial charge on any atom is 0.332 e. The summed E-state index contributed by atoms with van der Waals surface area (Å²) in [5.74, 6) is -0.349. The van der Waals surface area contributed by atoms with Crippen molar-refractivity contribution in [1.82, 2.24) is 9.80 Å². The molecule has 0 N–H and O–H groups in total. The SMILES string of the molecule is O=C1[C@@H]2C3CC(CN3C(=O)c3cccc(Br)c3)N2C(=O)N1c1cccc2ccccc12. The molecule has 3 fully saturated rings. The number of carbonyl (C=O) groups excluding carboxylic acids is 3. The number of hydrogen-bond acceptors (Lipinski definition) is 3. The Morgan fingerprint density at radius 3 is 2.58 bits per heavy atom. The lowest BCUT2D eigenvalue weighted by molar-refractivity contribution is -0.121. The van der Waals surface area contributed by atoms with Crippen LogP contribution in [0, 0.1) is 0 Å². The van der Waals surface area contributed by atoms with Gasteiger partial charge in [-0.1, -0.05) is 58.4 Å². The van der Waals surface area contributed by atoms with Crippen molar-refractivity contribution in [2.24, 2.45) is 0 Å². The van der Waals surface area contributed by atoms with E-state index in [-0.39, 0.29) is 29.9 Å². The first-order valence-electron chi connectivity index (χ1n) is 10.2. The molecule has 3 heterocycles. The second-order valence-corrected chi connectivity index (χ2v) is 9.15. The molecular weight excluding hydrogens is 458 g/mol. The van der Waals surface area contributed by atoms with Crippen LogP contribution < -0.4 is 4.90 Å². The molecule has 0 radical (unpaired) electrons. The maximum atomic E-state index is 13.5. The molecule has 3 aliphatic heterocycles. The van der Waals surface area contributed by atoms with Crippen LogP contribution in [0.4, 0.5) is 10.5 Å². The van der Waals surface area contributed by atoms with Gasteiger partial charge in [0.25, 0.3) is 11.8 Å². The van der Waals surface area contributed by atoms with E-state index < -0.39 is 6.04 Å². The van der Waals surface area contributed by atoms with Crippen molar-refractivity contribution in [1.29, 1.82) is 0 Å². The molecule has 0 spiro atoms. The van der Waals surface area contributed by atoms with E-state index in [0.29, 0.717) is 24.2 Å². The molecule has 4 amide bonds. The number of amides is 4. The Hall–Kier alpha value is -3.19. The summed E-state index contributed by atoms with van der Waals surface area (Å²) in [6.45, 7) is 0.453. The van der Waals surface area contributed by atoms with E-state index in [1.54, 1.807) is 21.9 Å². The summed E-state index contributed by atoms with van der Waals surface area (Å²) in [4.78, 5) is 44.8. The predicted molar refractivity (Wildman–Crippen MR) is 120 cm³/mol. The summed E-state index contributed by atoms with van der Waals surface area (Å²) >= 11 is 3.41. The number of piperazine rings is 1. The first kappa shape index (κ1) is 18.6. The molecule has 3 aromatic rings. The van der Waals surface area contributed by atoms with Crippen LogP contribution in [-0.2, 0) is 4.79 Å². The average molecular weight is 476 g/mol. The van der Waals surface area contributed by atoms with Crippen molar-refractivity contribution in [3.05, 3.63) is 76.8 Å². The van der Waals surface area contributed by atoms with Gasteiger partial charge in [0.15, 0.2) is 0 Å². The minimum atomic E-state index is -0.624. The highest BCUT2D eigenvalue weighted by Crippen LogP contribution is 2.43. The molecule has 0 saturated carbocycles. The summed E-state index contributed by atoms with van der Waals surface area (Å²) in [6, 6.07) is 19.3. The third-order valence-electron chi connectivity index (χ3n) is 6.60. The fraction of sp³-hybridized carbons (Fsp3) is 0.208. The van der Waals surface area contributed by atoms with Gasteiger partial charge in [-0.25, -0.2) is 9.69 Å². The third-order valence-corrected chi connectivity index (χ3v) is 7.10. The molecule has 6 nitrogen and oxygen atoms in total. The van der Waals surface area contributed by atoms with Gasteiger partial charge in [0.1, 0.15) is 6.04 Å². The smallest absolute Gasteiger partial charge is 0.331 e. The lowest BCUT2D eigenvalue weighted by Crippen LogP contribution is -2.54. The molecule has 2 bridgehead atoms. The fourth-order valence-electron chi connectivity index (χ4n) is 5.30. The summed E-state index contributed by atoms with van der Waals surface area (Å²) < 4.78 is 0.832. The Morgan fingerprint density at radius 1 is 0.968 bits per heavy atom. The number of urea groups is 1. The normalized spacial score (nSPS) is 24.4. The van der Waals surface area contributed by atoms with Crippen molar-refractivity contribution in [3.8, 4) is 0 Å². The standard InChI is InChI=1S/C24H18BrN3O3/c25-16-8-3-7-15(11-16)22(29)26-13-17-12-20(26)21-23(30)28(24(31)27(17)21)19-10-4-6-14-5-1-2-9-18(14)19/h1-11,17,20-21H,12-13H2/t17?,20?,21-/m0/s1. The largest absolute Gasteiger partial charge is 0.332 e. The van der Waals surface area contributed by atoms with Gasteiger partial charge in [0.2, 0.25) is 0 Å². The van der Waals surface area contributed by atoms with Gasteiger partial charge in [-0.05, 0) is 36.1 Å². The van der Waals surface area contributed by atoms with E-state index in [4.69, 9.17) is 0 Å². The van der Waals surface area contributed by atoms with Gasteiger partial charge < -0.3 is 9.80 Å². The first-order valence-corrected chi connectivity index (χ1v) is 11.0. The van der Waals surface area contributed by atoms with Crippen LogP contribution in [0.5, 0.6) is 0 Å². The van der Waals surface area contributed by atoms with Crippen LogP contribution in [0.25, 0.3) is 10.8 Å². The first-order chi connectivity index (χ1) is 15.0. The minimum absolute atomic E-state index is 0.0997. The number of imide groups is 1. The summed E-state index contributed by atoms with van der Waals surface area (Å²) in [5.41, 5.74) is 1.18. The van der Waals surface area contributed by atoms with Gasteiger partial charge in [0.05, 0.1) is 17.8 Å². The van der Waals surface area contributed by atoms with Crippen molar-refractivity contribution >= 4 is 50.2 Å². The van der Waals surface area contributed by atoms with Crippen LogP contribution in [-0.4, -0.2) is 52.3 Å². The van der Waals surface area contributed by atoms with Gasteiger partial charge in [0, 0.05) is 22.0 Å². The lowest BCUT2D eigenvalue weighted by Gasteiger charge is -2.35. The van der Waals surface area contributed by atoms with E-state index in [9.17, 15) is 14.4 Å². The molecule has 0 aliphatic carbocycles. The second kappa shape index (κ2) is 6.65. The summed E-state index contributed by atoms with van der Waals surface area (Å²) in [6.07, 6.45) is 0.644. The highest BCUT2D eigenvalue weighted by atomic mass is 79.9. The fourth-order valence-corrected chi connectivity index (χ4v) is 5.70. The predicted octanol–water partition coefficient (Wildman–Crippen LogP) is 4.04. The highest BCUT2D eigenvalue weighted by Gasteiger charge is 2.63. The quantitative estimate of drug-likeness (QED) is 0.525. The molecular formula is C24H18BrN3O3. The topological polar surface area (TPSA) is 60.9 Å². The third kappa shape index (κ3) is 2.59. The number of nitrogens with zero attached hydrogens (tertiary/aromatic N) is 3. The average Bonchev–Trinajstić information content (AvgIpc) is 3.44. The lowest BCUT2D eigenvalue weighted by atomic mass is 10.1. The van der Waals surface area contributed by atoms with Gasteiger partial charge in [-0.3, -0.25) is 9.59 Å². The van der Waals surface area contributed by atoms with E-state index in [1.807, 2.05) is 54.6 Å². The van der Waals surface area contributed by atoms with E-state index in [2.05, 4.69) is 15.9 Å². The van der Waals surface area contributed by atoms with Crippen LogP contribution in [0.2, 0.25) is 0 Å². The van der Waals surface area contributed by atoms with Crippen molar-refractivity contribution < 1.29 is 14.4 Å². The molecule has 3 atom stereocenters. The Morgan fingerprint density at radius 2 is 1.74 bits per heavy atom. The number of anilines is 1. The summed E-state index contributed by atoms with van der Waals surface area (Å²) in [5, 5.41) is 1.84. The molecule has 2 unspecified atom stereocenters. The number of likely N-dealkylation sites (tertiary alicyclic amines) is 1. The Labute approximate surface area is 187 Å².